The number of amides is 1. The van der Waals surface area contributed by atoms with E-state index in [1.54, 1.807) is 24.3 Å². The van der Waals surface area contributed by atoms with E-state index in [2.05, 4.69) is 6.07 Å². The van der Waals surface area contributed by atoms with Crippen molar-refractivity contribution >= 4 is 5.91 Å². The van der Waals surface area contributed by atoms with Gasteiger partial charge < -0.3 is 9.64 Å². The first-order valence-electron chi connectivity index (χ1n) is 8.17. The molecule has 0 unspecified atom stereocenters. The molecule has 1 aromatic carbocycles. The fourth-order valence-electron chi connectivity index (χ4n) is 3.69. The van der Waals surface area contributed by atoms with E-state index in [1.165, 1.54) is 25.7 Å². The second kappa shape index (κ2) is 6.83. The molecule has 2 atom stereocenters. The number of piperidine rings is 1. The van der Waals surface area contributed by atoms with Crippen LogP contribution in [0.4, 0.5) is 0 Å². The van der Waals surface area contributed by atoms with E-state index in [0.29, 0.717) is 17.2 Å². The minimum absolute atomic E-state index is 0.0772. The molecule has 1 aliphatic heterocycles. The van der Waals surface area contributed by atoms with Crippen molar-refractivity contribution < 1.29 is 9.53 Å². The van der Waals surface area contributed by atoms with Crippen molar-refractivity contribution in [1.29, 1.82) is 5.26 Å². The van der Waals surface area contributed by atoms with Crippen LogP contribution in [-0.2, 0) is 4.79 Å². The lowest BCUT2D eigenvalue weighted by atomic mass is 9.75. The predicted octanol–water partition coefficient (Wildman–Crippen LogP) is 2.98. The summed E-state index contributed by atoms with van der Waals surface area (Å²) in [5.41, 5.74) is 0.595. The van der Waals surface area contributed by atoms with Gasteiger partial charge in [-0.2, -0.15) is 5.26 Å². The maximum Gasteiger partial charge on any atom is 0.260 e. The molecule has 116 valence electrons. The second-order valence-corrected chi connectivity index (χ2v) is 6.36. The van der Waals surface area contributed by atoms with Crippen molar-refractivity contribution in [2.75, 3.05) is 19.7 Å². The number of rotatable bonds is 3. The summed E-state index contributed by atoms with van der Waals surface area (Å²) in [5, 5.41) is 8.76. The molecular formula is C18H22N2O2. The van der Waals surface area contributed by atoms with Gasteiger partial charge in [0, 0.05) is 13.1 Å². The molecule has 2 aliphatic rings. The van der Waals surface area contributed by atoms with E-state index in [0.717, 1.165) is 25.4 Å². The topological polar surface area (TPSA) is 53.3 Å². The number of nitriles is 1. The minimum atomic E-state index is 0.0772. The molecule has 1 heterocycles. The van der Waals surface area contributed by atoms with Crippen LogP contribution in [0.3, 0.4) is 0 Å². The third kappa shape index (κ3) is 3.41. The van der Waals surface area contributed by atoms with E-state index < -0.39 is 0 Å². The Bertz CT molecular complexity index is 561. The second-order valence-electron chi connectivity index (χ2n) is 6.36. The van der Waals surface area contributed by atoms with Gasteiger partial charge >= 0.3 is 0 Å². The summed E-state index contributed by atoms with van der Waals surface area (Å²) in [5.74, 6) is 2.24. The first-order chi connectivity index (χ1) is 10.8. The highest BCUT2D eigenvalue weighted by Crippen LogP contribution is 2.36. The Labute approximate surface area is 131 Å². The van der Waals surface area contributed by atoms with Crippen molar-refractivity contribution in [2.45, 2.75) is 32.1 Å². The van der Waals surface area contributed by atoms with Crippen LogP contribution in [0.1, 0.15) is 37.7 Å². The van der Waals surface area contributed by atoms with Crippen LogP contribution >= 0.6 is 0 Å². The highest BCUT2D eigenvalue weighted by atomic mass is 16.5. The Morgan fingerprint density at radius 1 is 1.18 bits per heavy atom. The zero-order chi connectivity index (χ0) is 15.4. The van der Waals surface area contributed by atoms with E-state index in [1.807, 2.05) is 4.90 Å². The van der Waals surface area contributed by atoms with E-state index in [-0.39, 0.29) is 12.5 Å². The summed E-state index contributed by atoms with van der Waals surface area (Å²) in [4.78, 5) is 14.3. The molecule has 1 aromatic rings. The lowest BCUT2D eigenvalue weighted by Crippen LogP contribution is -2.46. The van der Waals surface area contributed by atoms with Crippen LogP contribution < -0.4 is 4.74 Å². The largest absolute Gasteiger partial charge is 0.484 e. The molecule has 1 amide bonds. The van der Waals surface area contributed by atoms with Crippen molar-refractivity contribution in [3.05, 3.63) is 29.8 Å². The van der Waals surface area contributed by atoms with E-state index in [9.17, 15) is 4.79 Å². The van der Waals surface area contributed by atoms with Crippen LogP contribution in [0.2, 0.25) is 0 Å². The van der Waals surface area contributed by atoms with Gasteiger partial charge in [-0.25, -0.2) is 0 Å². The van der Waals surface area contributed by atoms with Gasteiger partial charge in [0.2, 0.25) is 0 Å². The normalized spacial score (nSPS) is 24.2. The fourth-order valence-corrected chi connectivity index (χ4v) is 3.69. The van der Waals surface area contributed by atoms with Crippen LogP contribution in [0, 0.1) is 23.2 Å². The Morgan fingerprint density at radius 2 is 1.91 bits per heavy atom. The summed E-state index contributed by atoms with van der Waals surface area (Å²) in [6.07, 6.45) is 6.43. The highest BCUT2D eigenvalue weighted by Gasteiger charge is 2.32. The molecule has 1 aliphatic carbocycles. The van der Waals surface area contributed by atoms with Gasteiger partial charge in [0.1, 0.15) is 5.75 Å². The maximum atomic E-state index is 12.3. The highest BCUT2D eigenvalue weighted by molar-refractivity contribution is 5.77. The fraction of sp³-hybridized carbons (Fsp3) is 0.556. The smallest absolute Gasteiger partial charge is 0.260 e. The van der Waals surface area contributed by atoms with Crippen molar-refractivity contribution in [3.8, 4) is 11.8 Å². The van der Waals surface area contributed by atoms with Crippen molar-refractivity contribution in [2.24, 2.45) is 11.8 Å². The number of ether oxygens (including phenoxy) is 1. The number of likely N-dealkylation sites (tertiary alicyclic amines) is 1. The first-order valence-corrected chi connectivity index (χ1v) is 8.17. The molecule has 0 N–H and O–H groups in total. The Hall–Kier alpha value is -2.02. The Balaban J connectivity index is 1.50. The number of fused-ring (bicyclic) bond motifs is 1. The molecule has 1 saturated heterocycles. The van der Waals surface area contributed by atoms with E-state index in [4.69, 9.17) is 10.00 Å². The summed E-state index contributed by atoms with van der Waals surface area (Å²) in [7, 11) is 0. The molecule has 4 nitrogen and oxygen atoms in total. The van der Waals surface area contributed by atoms with E-state index >= 15 is 0 Å². The van der Waals surface area contributed by atoms with Crippen LogP contribution in [0.25, 0.3) is 0 Å². The monoisotopic (exact) mass is 298 g/mol. The number of benzene rings is 1. The zero-order valence-electron chi connectivity index (χ0n) is 12.8. The predicted molar refractivity (Wildman–Crippen MR) is 83.3 cm³/mol. The molecule has 0 bridgehead atoms. The number of hydrogen-bond donors (Lipinski definition) is 0. The molecule has 2 fully saturated rings. The number of nitrogens with zero attached hydrogens (tertiary/aromatic N) is 2. The molecule has 22 heavy (non-hydrogen) atoms. The molecule has 0 radical (unpaired) electrons. The van der Waals surface area contributed by atoms with Gasteiger partial charge in [-0.15, -0.1) is 0 Å². The van der Waals surface area contributed by atoms with Gasteiger partial charge in [0.15, 0.2) is 6.61 Å². The van der Waals surface area contributed by atoms with Gasteiger partial charge in [0.25, 0.3) is 5.91 Å². The summed E-state index contributed by atoms with van der Waals surface area (Å²) in [6, 6.07) is 8.94. The molecule has 0 aromatic heterocycles. The van der Waals surface area contributed by atoms with Gasteiger partial charge in [-0.05, 0) is 48.9 Å². The lowest BCUT2D eigenvalue weighted by Gasteiger charge is -2.41. The Kier molecular flexibility index (Phi) is 4.62. The first kappa shape index (κ1) is 14.9. The van der Waals surface area contributed by atoms with Gasteiger partial charge in [-0.1, -0.05) is 19.3 Å². The average Bonchev–Trinajstić information content (AvgIpc) is 2.59. The molecule has 0 spiro atoms. The summed E-state index contributed by atoms with van der Waals surface area (Å²) >= 11 is 0. The lowest BCUT2D eigenvalue weighted by molar-refractivity contribution is -0.136. The van der Waals surface area contributed by atoms with Gasteiger partial charge in [0.05, 0.1) is 11.6 Å². The Morgan fingerprint density at radius 3 is 2.64 bits per heavy atom. The molecular weight excluding hydrogens is 276 g/mol. The third-order valence-electron chi connectivity index (χ3n) is 4.99. The van der Waals surface area contributed by atoms with Crippen LogP contribution in [0.5, 0.6) is 5.75 Å². The third-order valence-corrected chi connectivity index (χ3v) is 4.99. The van der Waals surface area contributed by atoms with Crippen molar-refractivity contribution in [1.82, 2.24) is 4.90 Å². The number of hydrogen-bond acceptors (Lipinski definition) is 3. The summed E-state index contributed by atoms with van der Waals surface area (Å²) < 4.78 is 5.56. The number of carbonyl (C=O) groups excluding carboxylic acids is 1. The standard InChI is InChI=1S/C18H22N2O2/c19-11-14-5-7-17(8-6-14)22-13-18(21)20-10-9-15-3-1-2-4-16(15)12-20/h5-8,15-16H,1-4,9-10,12-13H2/t15-,16+/m0/s1. The molecule has 1 saturated carbocycles. The maximum absolute atomic E-state index is 12.3. The minimum Gasteiger partial charge on any atom is -0.484 e. The van der Waals surface area contributed by atoms with Crippen molar-refractivity contribution in [3.63, 3.8) is 0 Å². The van der Waals surface area contributed by atoms with Crippen LogP contribution in [0.15, 0.2) is 24.3 Å². The van der Waals surface area contributed by atoms with Crippen LogP contribution in [-0.4, -0.2) is 30.5 Å². The quantitative estimate of drug-likeness (QED) is 0.862. The zero-order valence-corrected chi connectivity index (χ0v) is 12.8. The van der Waals surface area contributed by atoms with Gasteiger partial charge in [-0.3, -0.25) is 4.79 Å². The summed E-state index contributed by atoms with van der Waals surface area (Å²) in [6.45, 7) is 1.86. The average molecular weight is 298 g/mol. The molecule has 3 rings (SSSR count). The SMILES string of the molecule is N#Cc1ccc(OCC(=O)N2CC[C@@H]3CCCC[C@@H]3C2)cc1. The number of carbonyl (C=O) groups is 1. The molecule has 4 heteroatoms.